The first-order valence-electron chi connectivity index (χ1n) is 5.65. The molecule has 0 amide bonds. The summed E-state index contributed by atoms with van der Waals surface area (Å²) in [6.07, 6.45) is 4.60. The van der Waals surface area contributed by atoms with Crippen LogP contribution < -0.4 is 5.73 Å². The highest BCUT2D eigenvalue weighted by molar-refractivity contribution is 8.00. The van der Waals surface area contributed by atoms with E-state index in [9.17, 15) is 0 Å². The lowest BCUT2D eigenvalue weighted by atomic mass is 9.87. The second kappa shape index (κ2) is 5.99. The third-order valence-electron chi connectivity index (χ3n) is 3.05. The molecule has 1 fully saturated rings. The standard InChI is InChI=1S/C11H23NOS/c1-8-3-4-10(12)11(7-8)14-9(2)5-6-13/h8-11,13H,3-7,12H2,1-2H3. The molecule has 14 heavy (non-hydrogen) atoms. The van der Waals surface area contributed by atoms with E-state index in [4.69, 9.17) is 10.8 Å². The Morgan fingerprint density at radius 2 is 2.21 bits per heavy atom. The summed E-state index contributed by atoms with van der Waals surface area (Å²) >= 11 is 1.97. The SMILES string of the molecule is CC1CCC(N)C(SC(C)CCO)C1. The number of aliphatic hydroxyl groups is 1. The van der Waals surface area contributed by atoms with Gasteiger partial charge in [-0.3, -0.25) is 0 Å². The van der Waals surface area contributed by atoms with Gasteiger partial charge in [0.2, 0.25) is 0 Å². The summed E-state index contributed by atoms with van der Waals surface area (Å²) in [5.41, 5.74) is 6.10. The minimum Gasteiger partial charge on any atom is -0.396 e. The first-order chi connectivity index (χ1) is 6.63. The Bertz CT molecular complexity index is 165. The van der Waals surface area contributed by atoms with Gasteiger partial charge in [-0.25, -0.2) is 0 Å². The second-order valence-electron chi connectivity index (χ2n) is 4.58. The van der Waals surface area contributed by atoms with Gasteiger partial charge in [0, 0.05) is 23.1 Å². The van der Waals surface area contributed by atoms with E-state index in [0.717, 1.165) is 12.3 Å². The molecule has 0 aromatic carbocycles. The molecular formula is C11H23NOS. The van der Waals surface area contributed by atoms with Crippen molar-refractivity contribution in [2.75, 3.05) is 6.61 Å². The summed E-state index contributed by atoms with van der Waals surface area (Å²) in [5.74, 6) is 0.827. The maximum absolute atomic E-state index is 8.84. The molecule has 0 bridgehead atoms. The highest BCUT2D eigenvalue weighted by Gasteiger charge is 2.27. The maximum atomic E-state index is 8.84. The molecule has 0 radical (unpaired) electrons. The first kappa shape index (κ1) is 12.3. The summed E-state index contributed by atoms with van der Waals surface area (Å²) in [5, 5.41) is 9.99. The Kier molecular flexibility index (Phi) is 5.28. The van der Waals surface area contributed by atoms with Crippen LogP contribution >= 0.6 is 11.8 Å². The number of aliphatic hydroxyl groups excluding tert-OH is 1. The molecule has 0 heterocycles. The number of hydrogen-bond acceptors (Lipinski definition) is 3. The zero-order valence-corrected chi connectivity index (χ0v) is 10.1. The average Bonchev–Trinajstić information content (AvgIpc) is 2.12. The van der Waals surface area contributed by atoms with Gasteiger partial charge >= 0.3 is 0 Å². The summed E-state index contributed by atoms with van der Waals surface area (Å²) < 4.78 is 0. The van der Waals surface area contributed by atoms with Crippen LogP contribution in [-0.4, -0.2) is 28.3 Å². The van der Waals surface area contributed by atoms with Crippen LogP contribution in [0.1, 0.15) is 39.5 Å². The van der Waals surface area contributed by atoms with Crippen LogP contribution in [0, 0.1) is 5.92 Å². The van der Waals surface area contributed by atoms with E-state index in [1.165, 1.54) is 19.3 Å². The number of hydrogen-bond donors (Lipinski definition) is 2. The zero-order valence-electron chi connectivity index (χ0n) is 9.28. The van der Waals surface area contributed by atoms with Crippen LogP contribution in [-0.2, 0) is 0 Å². The maximum Gasteiger partial charge on any atom is 0.0441 e. The fourth-order valence-electron chi connectivity index (χ4n) is 2.06. The highest BCUT2D eigenvalue weighted by atomic mass is 32.2. The van der Waals surface area contributed by atoms with Crippen LogP contribution in [0.5, 0.6) is 0 Å². The highest BCUT2D eigenvalue weighted by Crippen LogP contribution is 2.34. The minimum atomic E-state index is 0.297. The number of nitrogens with two attached hydrogens (primary N) is 1. The van der Waals surface area contributed by atoms with Crippen LogP contribution in [0.25, 0.3) is 0 Å². The van der Waals surface area contributed by atoms with Crippen molar-refractivity contribution >= 4 is 11.8 Å². The molecule has 4 atom stereocenters. The van der Waals surface area contributed by atoms with Crippen molar-refractivity contribution in [3.63, 3.8) is 0 Å². The predicted octanol–water partition coefficient (Wildman–Crippen LogP) is 2.01. The van der Waals surface area contributed by atoms with E-state index in [1.54, 1.807) is 0 Å². The van der Waals surface area contributed by atoms with Gasteiger partial charge in [-0.15, -0.1) is 0 Å². The van der Waals surface area contributed by atoms with Gasteiger partial charge < -0.3 is 10.8 Å². The molecule has 2 nitrogen and oxygen atoms in total. The van der Waals surface area contributed by atoms with Gasteiger partial charge in [0.25, 0.3) is 0 Å². The number of thioether (sulfide) groups is 1. The van der Waals surface area contributed by atoms with Crippen LogP contribution in [0.3, 0.4) is 0 Å². The van der Waals surface area contributed by atoms with Gasteiger partial charge in [-0.05, 0) is 31.6 Å². The molecule has 1 saturated carbocycles. The minimum absolute atomic E-state index is 0.297. The molecule has 0 spiro atoms. The summed E-state index contributed by atoms with van der Waals surface area (Å²) in [4.78, 5) is 0. The summed E-state index contributed by atoms with van der Waals surface area (Å²) in [6.45, 7) is 4.80. The largest absolute Gasteiger partial charge is 0.396 e. The van der Waals surface area contributed by atoms with Crippen molar-refractivity contribution in [1.82, 2.24) is 0 Å². The van der Waals surface area contributed by atoms with E-state index in [1.807, 2.05) is 11.8 Å². The van der Waals surface area contributed by atoms with E-state index >= 15 is 0 Å². The van der Waals surface area contributed by atoms with Crippen LogP contribution in [0.2, 0.25) is 0 Å². The Morgan fingerprint density at radius 1 is 1.50 bits per heavy atom. The monoisotopic (exact) mass is 217 g/mol. The van der Waals surface area contributed by atoms with Gasteiger partial charge in [-0.2, -0.15) is 11.8 Å². The van der Waals surface area contributed by atoms with E-state index in [2.05, 4.69) is 13.8 Å². The molecule has 3 N–H and O–H groups in total. The lowest BCUT2D eigenvalue weighted by Gasteiger charge is -2.33. The zero-order chi connectivity index (χ0) is 10.6. The molecule has 0 aromatic rings. The van der Waals surface area contributed by atoms with Gasteiger partial charge in [-0.1, -0.05) is 13.8 Å². The Labute approximate surface area is 91.6 Å². The van der Waals surface area contributed by atoms with Crippen molar-refractivity contribution in [3.05, 3.63) is 0 Å². The Balaban J connectivity index is 2.33. The van der Waals surface area contributed by atoms with E-state index in [0.29, 0.717) is 23.1 Å². The fourth-order valence-corrected chi connectivity index (χ4v) is 3.67. The van der Waals surface area contributed by atoms with Crippen LogP contribution in [0.4, 0.5) is 0 Å². The van der Waals surface area contributed by atoms with Crippen molar-refractivity contribution < 1.29 is 5.11 Å². The van der Waals surface area contributed by atoms with Crippen molar-refractivity contribution in [2.24, 2.45) is 11.7 Å². The topological polar surface area (TPSA) is 46.2 Å². The molecule has 1 rings (SSSR count). The predicted molar refractivity (Wildman–Crippen MR) is 63.5 cm³/mol. The molecule has 84 valence electrons. The lowest BCUT2D eigenvalue weighted by Crippen LogP contribution is -2.38. The van der Waals surface area contributed by atoms with Crippen molar-refractivity contribution in [2.45, 2.75) is 56.1 Å². The normalized spacial score (nSPS) is 35.6. The molecular weight excluding hydrogens is 194 g/mol. The Hall–Kier alpha value is 0.270. The molecule has 3 heteroatoms. The molecule has 0 aromatic heterocycles. The fraction of sp³-hybridized carbons (Fsp3) is 1.00. The van der Waals surface area contributed by atoms with Crippen molar-refractivity contribution in [3.8, 4) is 0 Å². The van der Waals surface area contributed by atoms with Gasteiger partial charge in [0.1, 0.15) is 0 Å². The quantitative estimate of drug-likeness (QED) is 0.757. The molecule has 0 aliphatic heterocycles. The Morgan fingerprint density at radius 3 is 2.86 bits per heavy atom. The first-order valence-corrected chi connectivity index (χ1v) is 6.59. The smallest absolute Gasteiger partial charge is 0.0441 e. The third kappa shape index (κ3) is 3.79. The summed E-state index contributed by atoms with van der Waals surface area (Å²) in [7, 11) is 0. The molecule has 1 aliphatic carbocycles. The average molecular weight is 217 g/mol. The lowest BCUT2D eigenvalue weighted by molar-refractivity contribution is 0.288. The van der Waals surface area contributed by atoms with E-state index in [-0.39, 0.29) is 0 Å². The third-order valence-corrected chi connectivity index (χ3v) is 4.64. The molecule has 4 unspecified atom stereocenters. The van der Waals surface area contributed by atoms with Crippen molar-refractivity contribution in [1.29, 1.82) is 0 Å². The molecule has 0 saturated heterocycles. The second-order valence-corrected chi connectivity index (χ2v) is 6.26. The molecule has 1 aliphatic rings. The van der Waals surface area contributed by atoms with Gasteiger partial charge in [0.15, 0.2) is 0 Å². The number of rotatable bonds is 4. The summed E-state index contributed by atoms with van der Waals surface area (Å²) in [6, 6.07) is 0.373. The van der Waals surface area contributed by atoms with Crippen LogP contribution in [0.15, 0.2) is 0 Å². The van der Waals surface area contributed by atoms with Gasteiger partial charge in [0.05, 0.1) is 0 Å². The van der Waals surface area contributed by atoms with E-state index < -0.39 is 0 Å².